The summed E-state index contributed by atoms with van der Waals surface area (Å²) in [6, 6.07) is 23.8. The molecule has 0 spiro atoms. The van der Waals surface area contributed by atoms with Crippen molar-refractivity contribution in [1.29, 1.82) is 0 Å². The van der Waals surface area contributed by atoms with E-state index in [4.69, 9.17) is 11.6 Å². The zero-order valence-electron chi connectivity index (χ0n) is 12.5. The van der Waals surface area contributed by atoms with Gasteiger partial charge in [0.2, 0.25) is 0 Å². The summed E-state index contributed by atoms with van der Waals surface area (Å²) in [6.07, 6.45) is 0.339. The summed E-state index contributed by atoms with van der Waals surface area (Å²) in [5.41, 5.74) is 0.720. The highest BCUT2D eigenvalue weighted by Crippen LogP contribution is 2.39. The molecule has 0 aliphatic rings. The first-order valence-electron chi connectivity index (χ1n) is 7.40. The molecule has 0 bridgehead atoms. The molecule has 0 radical (unpaired) electrons. The molecular formula is C20H17ClO2. The van der Waals surface area contributed by atoms with Crippen molar-refractivity contribution in [3.63, 3.8) is 0 Å². The standard InChI is InChI=1S/C20H17ClO2/c21-17-11-12-19(22)18(13-17)20(23,16-9-5-2-6-10-16)14-15-7-3-1-4-8-15/h1-13,22-23H,14H2. The van der Waals surface area contributed by atoms with E-state index in [1.807, 2.05) is 60.7 Å². The summed E-state index contributed by atoms with van der Waals surface area (Å²) in [5.74, 6) is 0.0247. The normalized spacial score (nSPS) is 13.5. The van der Waals surface area contributed by atoms with Gasteiger partial charge in [0.25, 0.3) is 0 Å². The van der Waals surface area contributed by atoms with Gasteiger partial charge in [0.1, 0.15) is 11.4 Å². The Bertz CT molecular complexity index is 787. The molecule has 0 amide bonds. The highest BCUT2D eigenvalue weighted by atomic mass is 35.5. The van der Waals surface area contributed by atoms with Crippen LogP contribution in [0.2, 0.25) is 5.02 Å². The molecule has 0 saturated carbocycles. The monoisotopic (exact) mass is 324 g/mol. The maximum atomic E-state index is 11.5. The highest BCUT2D eigenvalue weighted by molar-refractivity contribution is 6.30. The number of rotatable bonds is 4. The van der Waals surface area contributed by atoms with Crippen LogP contribution in [0, 0.1) is 0 Å². The van der Waals surface area contributed by atoms with Gasteiger partial charge in [-0.25, -0.2) is 0 Å². The smallest absolute Gasteiger partial charge is 0.122 e. The molecule has 3 aromatic rings. The van der Waals surface area contributed by atoms with Gasteiger partial charge in [-0.3, -0.25) is 0 Å². The molecule has 0 heterocycles. The summed E-state index contributed by atoms with van der Waals surface area (Å²) in [7, 11) is 0. The minimum absolute atomic E-state index is 0.0247. The fourth-order valence-electron chi connectivity index (χ4n) is 2.80. The van der Waals surface area contributed by atoms with E-state index in [9.17, 15) is 10.2 Å². The lowest BCUT2D eigenvalue weighted by Crippen LogP contribution is -2.30. The molecular weight excluding hydrogens is 308 g/mol. The van der Waals surface area contributed by atoms with Gasteiger partial charge in [0.15, 0.2) is 0 Å². The van der Waals surface area contributed by atoms with Gasteiger partial charge in [0.05, 0.1) is 0 Å². The van der Waals surface area contributed by atoms with Crippen LogP contribution in [0.4, 0.5) is 0 Å². The van der Waals surface area contributed by atoms with Crippen molar-refractivity contribution in [2.45, 2.75) is 12.0 Å². The third-order valence-electron chi connectivity index (χ3n) is 3.96. The van der Waals surface area contributed by atoms with Gasteiger partial charge in [-0.1, -0.05) is 72.3 Å². The number of phenolic OH excluding ortho intramolecular Hbond substituents is 1. The Balaban J connectivity index is 2.16. The number of halogens is 1. The molecule has 0 fully saturated rings. The van der Waals surface area contributed by atoms with Crippen molar-refractivity contribution >= 4 is 11.6 Å². The summed E-state index contributed by atoms with van der Waals surface area (Å²) >= 11 is 6.09. The van der Waals surface area contributed by atoms with Crippen LogP contribution in [0.1, 0.15) is 16.7 Å². The first-order chi connectivity index (χ1) is 11.1. The number of aliphatic hydroxyl groups is 1. The van der Waals surface area contributed by atoms with Crippen LogP contribution in [-0.2, 0) is 12.0 Å². The van der Waals surface area contributed by atoms with Crippen molar-refractivity contribution in [3.8, 4) is 5.75 Å². The van der Waals surface area contributed by atoms with Gasteiger partial charge in [-0.2, -0.15) is 0 Å². The van der Waals surface area contributed by atoms with Crippen LogP contribution in [0.25, 0.3) is 0 Å². The Morgan fingerprint density at radius 1 is 0.826 bits per heavy atom. The first-order valence-corrected chi connectivity index (χ1v) is 7.78. The molecule has 1 unspecified atom stereocenters. The quantitative estimate of drug-likeness (QED) is 0.740. The van der Waals surface area contributed by atoms with E-state index >= 15 is 0 Å². The van der Waals surface area contributed by atoms with Crippen LogP contribution >= 0.6 is 11.6 Å². The number of aromatic hydroxyl groups is 1. The van der Waals surface area contributed by atoms with Gasteiger partial charge < -0.3 is 10.2 Å². The van der Waals surface area contributed by atoms with E-state index in [0.717, 1.165) is 5.56 Å². The van der Waals surface area contributed by atoms with Crippen LogP contribution in [0.15, 0.2) is 78.9 Å². The van der Waals surface area contributed by atoms with Crippen molar-refractivity contribution in [2.24, 2.45) is 0 Å². The number of phenols is 1. The van der Waals surface area contributed by atoms with Gasteiger partial charge in [-0.15, -0.1) is 0 Å². The van der Waals surface area contributed by atoms with E-state index < -0.39 is 5.60 Å². The van der Waals surface area contributed by atoms with Crippen molar-refractivity contribution in [3.05, 3.63) is 101 Å². The zero-order valence-corrected chi connectivity index (χ0v) is 13.2. The maximum Gasteiger partial charge on any atom is 0.122 e. The Morgan fingerprint density at radius 2 is 1.43 bits per heavy atom. The first kappa shape index (κ1) is 15.6. The molecule has 0 aromatic heterocycles. The van der Waals surface area contributed by atoms with Crippen molar-refractivity contribution in [2.75, 3.05) is 0 Å². The summed E-state index contributed by atoms with van der Waals surface area (Å²) in [5, 5.41) is 22.3. The van der Waals surface area contributed by atoms with Crippen LogP contribution in [0.3, 0.4) is 0 Å². The zero-order chi connectivity index (χ0) is 16.3. The van der Waals surface area contributed by atoms with Gasteiger partial charge in [0, 0.05) is 17.0 Å². The maximum absolute atomic E-state index is 11.5. The van der Waals surface area contributed by atoms with E-state index in [0.29, 0.717) is 22.6 Å². The third-order valence-corrected chi connectivity index (χ3v) is 4.19. The van der Waals surface area contributed by atoms with Crippen molar-refractivity contribution in [1.82, 2.24) is 0 Å². The average Bonchev–Trinajstić information content (AvgIpc) is 2.58. The largest absolute Gasteiger partial charge is 0.508 e. The average molecular weight is 325 g/mol. The molecule has 0 saturated heterocycles. The summed E-state index contributed by atoms with van der Waals surface area (Å²) in [4.78, 5) is 0. The van der Waals surface area contributed by atoms with Gasteiger partial charge in [-0.05, 0) is 29.3 Å². The van der Waals surface area contributed by atoms with Crippen molar-refractivity contribution < 1.29 is 10.2 Å². The molecule has 2 nitrogen and oxygen atoms in total. The van der Waals surface area contributed by atoms with Crippen LogP contribution in [0.5, 0.6) is 5.75 Å². The lowest BCUT2D eigenvalue weighted by molar-refractivity contribution is 0.0784. The minimum atomic E-state index is -1.36. The fraction of sp³-hybridized carbons (Fsp3) is 0.100. The molecule has 0 aliphatic carbocycles. The summed E-state index contributed by atoms with van der Waals surface area (Å²) in [6.45, 7) is 0. The Kier molecular flexibility index (Phi) is 4.37. The molecule has 2 N–H and O–H groups in total. The predicted octanol–water partition coefficient (Wildman–Crippen LogP) is 4.52. The lowest BCUT2D eigenvalue weighted by Gasteiger charge is -2.30. The molecule has 3 rings (SSSR count). The molecule has 1 atom stereocenters. The molecule has 23 heavy (non-hydrogen) atoms. The topological polar surface area (TPSA) is 40.5 Å². The molecule has 116 valence electrons. The Morgan fingerprint density at radius 3 is 2.09 bits per heavy atom. The second-order valence-electron chi connectivity index (χ2n) is 5.55. The Labute approximate surface area is 140 Å². The van der Waals surface area contributed by atoms with E-state index in [2.05, 4.69) is 0 Å². The minimum Gasteiger partial charge on any atom is -0.508 e. The lowest BCUT2D eigenvalue weighted by atomic mass is 9.81. The summed E-state index contributed by atoms with van der Waals surface area (Å²) < 4.78 is 0. The SMILES string of the molecule is Oc1ccc(Cl)cc1C(O)(Cc1ccccc1)c1ccccc1. The van der Waals surface area contributed by atoms with Crippen LogP contribution < -0.4 is 0 Å². The second-order valence-corrected chi connectivity index (χ2v) is 5.99. The number of hydrogen-bond donors (Lipinski definition) is 2. The van der Waals surface area contributed by atoms with Gasteiger partial charge >= 0.3 is 0 Å². The second kappa shape index (κ2) is 6.45. The molecule has 3 aromatic carbocycles. The molecule has 0 aliphatic heterocycles. The molecule has 3 heteroatoms. The fourth-order valence-corrected chi connectivity index (χ4v) is 2.97. The van der Waals surface area contributed by atoms with E-state index in [1.165, 1.54) is 6.07 Å². The number of hydrogen-bond acceptors (Lipinski definition) is 2. The number of benzene rings is 3. The van der Waals surface area contributed by atoms with Crippen LogP contribution in [-0.4, -0.2) is 10.2 Å². The van der Waals surface area contributed by atoms with E-state index in [-0.39, 0.29) is 5.75 Å². The highest BCUT2D eigenvalue weighted by Gasteiger charge is 2.34. The predicted molar refractivity (Wildman–Crippen MR) is 92.7 cm³/mol. The van der Waals surface area contributed by atoms with E-state index in [1.54, 1.807) is 12.1 Å². The Hall–Kier alpha value is -2.29. The third kappa shape index (κ3) is 3.24.